The minimum absolute atomic E-state index is 0.290. The molecular weight excluding hydrogens is 217 g/mol. The zero-order chi connectivity index (χ0) is 11.8. The highest BCUT2D eigenvalue weighted by Gasteiger charge is 2.19. The van der Waals surface area contributed by atoms with Crippen LogP contribution in [0.4, 0.5) is 4.39 Å². The molecule has 1 aromatic heterocycles. The van der Waals surface area contributed by atoms with Gasteiger partial charge in [0.05, 0.1) is 0 Å². The van der Waals surface area contributed by atoms with Gasteiger partial charge in [-0.3, -0.25) is 4.79 Å². The molecule has 1 saturated carbocycles. The highest BCUT2D eigenvalue weighted by molar-refractivity contribution is 5.97. The summed E-state index contributed by atoms with van der Waals surface area (Å²) in [6.45, 7) is 0.940. The summed E-state index contributed by atoms with van der Waals surface area (Å²) in [5.41, 5.74) is 1.54. The van der Waals surface area contributed by atoms with Gasteiger partial charge >= 0.3 is 0 Å². The van der Waals surface area contributed by atoms with E-state index < -0.39 is 0 Å². The number of fused-ring (bicyclic) bond motifs is 1. The monoisotopic (exact) mass is 231 g/mol. The first-order valence-corrected chi connectivity index (χ1v) is 6.01. The fourth-order valence-electron chi connectivity index (χ4n) is 2.50. The molecule has 3 heteroatoms. The second-order valence-electron chi connectivity index (χ2n) is 4.81. The van der Waals surface area contributed by atoms with Crippen molar-refractivity contribution in [2.24, 2.45) is 5.92 Å². The van der Waals surface area contributed by atoms with Gasteiger partial charge in [-0.25, -0.2) is 4.39 Å². The van der Waals surface area contributed by atoms with Gasteiger partial charge < -0.3 is 4.57 Å². The second kappa shape index (κ2) is 3.99. The van der Waals surface area contributed by atoms with Crippen LogP contribution < -0.4 is 0 Å². The van der Waals surface area contributed by atoms with Crippen molar-refractivity contribution in [1.29, 1.82) is 0 Å². The van der Waals surface area contributed by atoms with Crippen molar-refractivity contribution in [3.63, 3.8) is 0 Å². The molecule has 3 rings (SSSR count). The quantitative estimate of drug-likeness (QED) is 0.742. The van der Waals surface area contributed by atoms with Crippen molar-refractivity contribution in [2.45, 2.75) is 25.8 Å². The molecule has 0 spiro atoms. The molecule has 0 radical (unpaired) electrons. The SMILES string of the molecule is O=Cc1cn(CC2CCC2)c2ccc(F)cc12. The molecule has 0 aliphatic heterocycles. The number of nitrogens with zero attached hydrogens (tertiary/aromatic N) is 1. The minimum Gasteiger partial charge on any atom is -0.346 e. The number of halogens is 1. The van der Waals surface area contributed by atoms with Crippen LogP contribution in [-0.4, -0.2) is 10.9 Å². The van der Waals surface area contributed by atoms with E-state index in [4.69, 9.17) is 0 Å². The van der Waals surface area contributed by atoms with E-state index in [-0.39, 0.29) is 5.82 Å². The third kappa shape index (κ3) is 1.75. The largest absolute Gasteiger partial charge is 0.346 e. The number of carbonyl (C=O) groups excluding carboxylic acids is 1. The lowest BCUT2D eigenvalue weighted by atomic mass is 9.85. The van der Waals surface area contributed by atoms with Crippen molar-refractivity contribution in [3.8, 4) is 0 Å². The maximum atomic E-state index is 13.2. The summed E-state index contributed by atoms with van der Waals surface area (Å²) >= 11 is 0. The Labute approximate surface area is 99.0 Å². The molecule has 0 amide bonds. The van der Waals surface area contributed by atoms with E-state index in [2.05, 4.69) is 4.57 Å². The van der Waals surface area contributed by atoms with E-state index in [0.29, 0.717) is 5.56 Å². The molecular formula is C14H14FNO. The smallest absolute Gasteiger partial charge is 0.152 e. The van der Waals surface area contributed by atoms with E-state index in [0.717, 1.165) is 29.7 Å². The minimum atomic E-state index is -0.290. The summed E-state index contributed by atoms with van der Waals surface area (Å²) in [5.74, 6) is 0.428. The summed E-state index contributed by atoms with van der Waals surface area (Å²) in [4.78, 5) is 11.0. The van der Waals surface area contributed by atoms with Gasteiger partial charge in [0.25, 0.3) is 0 Å². The van der Waals surface area contributed by atoms with E-state index in [1.54, 1.807) is 6.07 Å². The molecule has 1 fully saturated rings. The van der Waals surface area contributed by atoms with Gasteiger partial charge in [0, 0.05) is 29.2 Å². The van der Waals surface area contributed by atoms with Gasteiger partial charge in [0.15, 0.2) is 6.29 Å². The van der Waals surface area contributed by atoms with Gasteiger partial charge in [-0.1, -0.05) is 6.42 Å². The lowest BCUT2D eigenvalue weighted by molar-refractivity contribution is 0.112. The van der Waals surface area contributed by atoms with Crippen LogP contribution in [0.25, 0.3) is 10.9 Å². The Morgan fingerprint density at radius 1 is 1.41 bits per heavy atom. The lowest BCUT2D eigenvalue weighted by Gasteiger charge is -2.26. The molecule has 0 atom stereocenters. The molecule has 0 bridgehead atoms. The Morgan fingerprint density at radius 3 is 2.88 bits per heavy atom. The Hall–Kier alpha value is -1.64. The van der Waals surface area contributed by atoms with Crippen LogP contribution >= 0.6 is 0 Å². The lowest BCUT2D eigenvalue weighted by Crippen LogP contribution is -2.17. The van der Waals surface area contributed by atoms with E-state index in [9.17, 15) is 9.18 Å². The second-order valence-corrected chi connectivity index (χ2v) is 4.81. The van der Waals surface area contributed by atoms with Crippen molar-refractivity contribution < 1.29 is 9.18 Å². The van der Waals surface area contributed by atoms with Crippen LogP contribution in [0.1, 0.15) is 29.6 Å². The van der Waals surface area contributed by atoms with Crippen molar-refractivity contribution in [1.82, 2.24) is 4.57 Å². The predicted octanol–water partition coefficient (Wildman–Crippen LogP) is 3.39. The van der Waals surface area contributed by atoms with Crippen LogP contribution in [0.3, 0.4) is 0 Å². The highest BCUT2D eigenvalue weighted by Crippen LogP contribution is 2.30. The maximum Gasteiger partial charge on any atom is 0.152 e. The molecule has 0 N–H and O–H groups in total. The number of rotatable bonds is 3. The molecule has 0 saturated heterocycles. The standard InChI is InChI=1S/C14H14FNO/c15-12-4-5-14-13(6-12)11(9-17)8-16(14)7-10-2-1-3-10/h4-6,8-10H,1-3,7H2. The number of benzene rings is 1. The predicted molar refractivity (Wildman–Crippen MR) is 64.6 cm³/mol. The van der Waals surface area contributed by atoms with Gasteiger partial charge in [-0.15, -0.1) is 0 Å². The van der Waals surface area contributed by atoms with Gasteiger partial charge in [0.2, 0.25) is 0 Å². The van der Waals surface area contributed by atoms with Gasteiger partial charge in [-0.05, 0) is 37.0 Å². The number of hydrogen-bond donors (Lipinski definition) is 0. The van der Waals surface area contributed by atoms with Crippen LogP contribution in [0, 0.1) is 11.7 Å². The molecule has 17 heavy (non-hydrogen) atoms. The zero-order valence-electron chi connectivity index (χ0n) is 9.53. The molecule has 2 aromatic rings. The fraction of sp³-hybridized carbons (Fsp3) is 0.357. The molecule has 1 aliphatic carbocycles. The highest BCUT2D eigenvalue weighted by atomic mass is 19.1. The molecule has 88 valence electrons. The molecule has 2 nitrogen and oxygen atoms in total. The Balaban J connectivity index is 2.07. The fourth-order valence-corrected chi connectivity index (χ4v) is 2.50. The Bertz CT molecular complexity index is 569. The van der Waals surface area contributed by atoms with E-state index >= 15 is 0 Å². The number of carbonyl (C=O) groups is 1. The van der Waals surface area contributed by atoms with Crippen molar-refractivity contribution in [2.75, 3.05) is 0 Å². The van der Waals surface area contributed by atoms with Crippen molar-refractivity contribution >= 4 is 17.2 Å². The first-order chi connectivity index (χ1) is 8.28. The topological polar surface area (TPSA) is 22.0 Å². The normalized spacial score (nSPS) is 16.1. The summed E-state index contributed by atoms with van der Waals surface area (Å²) < 4.78 is 15.3. The summed E-state index contributed by atoms with van der Waals surface area (Å²) in [7, 11) is 0. The maximum absolute atomic E-state index is 13.2. The van der Waals surface area contributed by atoms with Gasteiger partial charge in [-0.2, -0.15) is 0 Å². The van der Waals surface area contributed by atoms with Crippen molar-refractivity contribution in [3.05, 3.63) is 35.8 Å². The Morgan fingerprint density at radius 2 is 2.24 bits per heavy atom. The van der Waals surface area contributed by atoms with E-state index in [1.165, 1.54) is 31.4 Å². The number of aromatic nitrogens is 1. The van der Waals surface area contributed by atoms with Crippen LogP contribution in [0.2, 0.25) is 0 Å². The Kier molecular flexibility index (Phi) is 2.46. The third-order valence-electron chi connectivity index (χ3n) is 3.68. The number of hydrogen-bond acceptors (Lipinski definition) is 1. The summed E-state index contributed by atoms with van der Waals surface area (Å²) in [6.07, 6.45) is 6.47. The third-order valence-corrected chi connectivity index (χ3v) is 3.68. The van der Waals surface area contributed by atoms with Crippen LogP contribution in [0.15, 0.2) is 24.4 Å². The number of aldehydes is 1. The molecule has 0 unspecified atom stereocenters. The summed E-state index contributed by atoms with van der Waals surface area (Å²) in [5, 5.41) is 0.722. The first kappa shape index (κ1) is 10.5. The average Bonchev–Trinajstić information content (AvgIpc) is 2.61. The average molecular weight is 231 g/mol. The molecule has 1 aromatic carbocycles. The van der Waals surface area contributed by atoms with Crippen LogP contribution in [-0.2, 0) is 6.54 Å². The van der Waals surface area contributed by atoms with Gasteiger partial charge in [0.1, 0.15) is 5.82 Å². The summed E-state index contributed by atoms with van der Waals surface area (Å²) in [6, 6.07) is 4.65. The van der Waals surface area contributed by atoms with Crippen LogP contribution in [0.5, 0.6) is 0 Å². The van der Waals surface area contributed by atoms with E-state index in [1.807, 2.05) is 6.20 Å². The molecule has 1 heterocycles. The first-order valence-electron chi connectivity index (χ1n) is 6.01. The molecule has 1 aliphatic rings. The zero-order valence-corrected chi connectivity index (χ0v) is 9.53.